The van der Waals surface area contributed by atoms with Gasteiger partial charge in [-0.05, 0) is 48.4 Å². The summed E-state index contributed by atoms with van der Waals surface area (Å²) < 4.78 is 29.2. The van der Waals surface area contributed by atoms with Crippen LogP contribution in [0.2, 0.25) is 0 Å². The van der Waals surface area contributed by atoms with E-state index in [1.807, 2.05) is 30.3 Å². The number of alkyl halides is 1. The van der Waals surface area contributed by atoms with Crippen molar-refractivity contribution in [3.05, 3.63) is 71.0 Å². The third kappa shape index (κ3) is 5.90. The highest BCUT2D eigenvalue weighted by Crippen LogP contribution is 2.42. The molecule has 0 radical (unpaired) electrons. The van der Waals surface area contributed by atoms with Gasteiger partial charge in [-0.3, -0.25) is 15.0 Å². The summed E-state index contributed by atoms with van der Waals surface area (Å²) in [5.41, 5.74) is 7.44. The van der Waals surface area contributed by atoms with Gasteiger partial charge >= 0.3 is 0 Å². The first-order valence-electron chi connectivity index (χ1n) is 11.7. The Balaban J connectivity index is 1.56. The van der Waals surface area contributed by atoms with Crippen molar-refractivity contribution in [1.29, 1.82) is 5.41 Å². The Hall–Kier alpha value is -3.62. The first kappa shape index (κ1) is 24.5. The van der Waals surface area contributed by atoms with E-state index < -0.39 is 30.1 Å². The van der Waals surface area contributed by atoms with Crippen molar-refractivity contribution >= 4 is 23.5 Å². The summed E-state index contributed by atoms with van der Waals surface area (Å²) in [5, 5.41) is 10.7. The molecule has 4 rings (SSSR count). The minimum atomic E-state index is -1.37. The van der Waals surface area contributed by atoms with E-state index in [1.165, 1.54) is 13.0 Å². The third-order valence-corrected chi connectivity index (χ3v) is 6.30. The van der Waals surface area contributed by atoms with Crippen LogP contribution in [0.5, 0.6) is 0 Å². The molecule has 4 N–H and O–H groups in total. The molecule has 35 heavy (non-hydrogen) atoms. The zero-order valence-electron chi connectivity index (χ0n) is 19.5. The maximum Gasteiger partial charge on any atom is 0.243 e. The fraction of sp³-hybridized carbons (Fsp3) is 0.385. The number of nitrogens with zero attached hydrogens (tertiary/aromatic N) is 2. The van der Waals surface area contributed by atoms with E-state index in [0.717, 1.165) is 23.3 Å². The molecule has 2 fully saturated rings. The van der Waals surface area contributed by atoms with Crippen molar-refractivity contribution in [3.63, 3.8) is 0 Å². The summed E-state index contributed by atoms with van der Waals surface area (Å²) >= 11 is 0. The van der Waals surface area contributed by atoms with Crippen molar-refractivity contribution in [1.82, 2.24) is 10.2 Å². The first-order valence-corrected chi connectivity index (χ1v) is 11.7. The van der Waals surface area contributed by atoms with E-state index in [4.69, 9.17) is 11.1 Å². The largest absolute Gasteiger partial charge is 0.387 e. The summed E-state index contributed by atoms with van der Waals surface area (Å²) in [7, 11) is 0. The highest BCUT2D eigenvalue weighted by molar-refractivity contribution is 6.04. The summed E-state index contributed by atoms with van der Waals surface area (Å²) in [6.45, 7) is 1.25. The molecular weight excluding hydrogens is 452 g/mol. The predicted molar refractivity (Wildman–Crippen MR) is 129 cm³/mol. The van der Waals surface area contributed by atoms with E-state index in [1.54, 1.807) is 12.1 Å². The molecule has 2 amide bonds. The minimum absolute atomic E-state index is 0.132. The number of carbonyl (C=O) groups excluding carboxylic acids is 2. The lowest BCUT2D eigenvalue weighted by Crippen LogP contribution is -2.47. The fourth-order valence-corrected chi connectivity index (χ4v) is 4.50. The van der Waals surface area contributed by atoms with Crippen LogP contribution in [0.25, 0.3) is 0 Å². The van der Waals surface area contributed by atoms with Crippen molar-refractivity contribution in [2.45, 2.75) is 56.8 Å². The van der Waals surface area contributed by atoms with Gasteiger partial charge in [0, 0.05) is 6.42 Å². The molecule has 1 aliphatic carbocycles. The summed E-state index contributed by atoms with van der Waals surface area (Å²) in [6.07, 6.45) is 0.0351. The molecule has 0 aromatic heterocycles. The Kier molecular flexibility index (Phi) is 7.23. The highest BCUT2D eigenvalue weighted by atomic mass is 19.1. The van der Waals surface area contributed by atoms with Gasteiger partial charge in [0.1, 0.15) is 23.9 Å². The maximum atomic E-state index is 14.8. The predicted octanol–water partition coefficient (Wildman–Crippen LogP) is 3.59. The molecule has 1 saturated carbocycles. The van der Waals surface area contributed by atoms with Gasteiger partial charge in [0.05, 0.1) is 24.8 Å². The van der Waals surface area contributed by atoms with E-state index in [2.05, 4.69) is 10.3 Å². The van der Waals surface area contributed by atoms with Gasteiger partial charge < -0.3 is 16.0 Å². The number of hydrogen-bond donors (Lipinski definition) is 3. The zero-order valence-corrected chi connectivity index (χ0v) is 19.5. The van der Waals surface area contributed by atoms with Crippen LogP contribution in [0.15, 0.2) is 53.5 Å². The molecule has 2 aliphatic rings. The SMILES string of the molecule is CC(N)=NC(=N)CC(=O)N1C[C@H](F)C[C@H]1C(=O)N[C@@H](c1ccccc1)c1ccc(C2CC2)c(F)c1. The Morgan fingerprint density at radius 3 is 2.54 bits per heavy atom. The van der Waals surface area contributed by atoms with Crippen LogP contribution in [-0.2, 0) is 9.59 Å². The Labute approximate surface area is 202 Å². The smallest absolute Gasteiger partial charge is 0.243 e. The number of nitrogens with one attached hydrogen (secondary N) is 2. The topological polar surface area (TPSA) is 112 Å². The number of hydrogen-bond acceptors (Lipinski definition) is 3. The number of amidine groups is 2. The second-order valence-electron chi connectivity index (χ2n) is 9.18. The third-order valence-electron chi connectivity index (χ3n) is 6.30. The molecule has 3 atom stereocenters. The molecule has 1 aliphatic heterocycles. The summed E-state index contributed by atoms with van der Waals surface area (Å²) in [5.74, 6) is -1.30. The number of amides is 2. The molecule has 0 spiro atoms. The summed E-state index contributed by atoms with van der Waals surface area (Å²) in [6, 6.07) is 12.4. The molecule has 2 aromatic carbocycles. The van der Waals surface area contributed by atoms with E-state index >= 15 is 0 Å². The van der Waals surface area contributed by atoms with Crippen LogP contribution < -0.4 is 11.1 Å². The standard InChI is InChI=1S/C26H29F2N5O2/c1-15(29)31-23(30)13-24(34)33-14-19(27)12-22(33)26(35)32-25(17-5-3-2-4-6-17)18-9-10-20(16-7-8-16)21(28)11-18/h2-6,9-11,16,19,22,25H,7-8,12-14H2,1H3,(H,32,35)(H3,29,30,31)/t19-,22+,25+/m1/s1. The normalized spacial score (nSPS) is 21.0. The number of nitrogens with two attached hydrogens (primary N) is 1. The maximum absolute atomic E-state index is 14.8. The van der Waals surface area contributed by atoms with Crippen LogP contribution in [0.1, 0.15) is 61.3 Å². The lowest BCUT2D eigenvalue weighted by molar-refractivity contribution is -0.137. The van der Waals surface area contributed by atoms with Crippen LogP contribution >= 0.6 is 0 Å². The van der Waals surface area contributed by atoms with Crippen LogP contribution in [0.4, 0.5) is 8.78 Å². The molecular formula is C26H29F2N5O2. The number of likely N-dealkylation sites (tertiary alicyclic amines) is 1. The van der Waals surface area contributed by atoms with E-state index in [-0.39, 0.29) is 42.8 Å². The van der Waals surface area contributed by atoms with Crippen LogP contribution in [0.3, 0.4) is 0 Å². The van der Waals surface area contributed by atoms with Gasteiger partial charge in [-0.1, -0.05) is 42.5 Å². The Morgan fingerprint density at radius 1 is 1.20 bits per heavy atom. The monoisotopic (exact) mass is 481 g/mol. The van der Waals surface area contributed by atoms with Crippen molar-refractivity contribution < 1.29 is 18.4 Å². The van der Waals surface area contributed by atoms with Gasteiger partial charge in [0.15, 0.2) is 0 Å². The highest BCUT2D eigenvalue weighted by Gasteiger charge is 2.40. The number of halogens is 2. The second-order valence-corrected chi connectivity index (χ2v) is 9.18. The fourth-order valence-electron chi connectivity index (χ4n) is 4.50. The average molecular weight is 482 g/mol. The minimum Gasteiger partial charge on any atom is -0.387 e. The number of aliphatic imine (C=N–C) groups is 1. The van der Waals surface area contributed by atoms with Crippen LogP contribution in [0, 0.1) is 11.2 Å². The molecule has 0 bridgehead atoms. The lowest BCUT2D eigenvalue weighted by atomic mass is 9.96. The van der Waals surface area contributed by atoms with Gasteiger partial charge in [0.25, 0.3) is 0 Å². The van der Waals surface area contributed by atoms with Gasteiger partial charge in [-0.25, -0.2) is 13.8 Å². The molecule has 1 saturated heterocycles. The van der Waals surface area contributed by atoms with Gasteiger partial charge in [-0.15, -0.1) is 0 Å². The van der Waals surface area contributed by atoms with Crippen LogP contribution in [-0.4, -0.2) is 47.1 Å². The summed E-state index contributed by atoms with van der Waals surface area (Å²) in [4.78, 5) is 31.0. The second kappa shape index (κ2) is 10.3. The Bertz CT molecular complexity index is 1150. The van der Waals surface area contributed by atoms with Gasteiger partial charge in [0.2, 0.25) is 11.8 Å². The molecule has 0 unspecified atom stereocenters. The number of benzene rings is 2. The number of rotatable bonds is 7. The van der Waals surface area contributed by atoms with E-state index in [9.17, 15) is 18.4 Å². The quantitative estimate of drug-likeness (QED) is 0.415. The molecule has 184 valence electrons. The number of carbonyl (C=O) groups is 2. The zero-order chi connectivity index (χ0) is 25.1. The molecule has 7 nitrogen and oxygen atoms in total. The Morgan fingerprint density at radius 2 is 1.91 bits per heavy atom. The van der Waals surface area contributed by atoms with Crippen molar-refractivity contribution in [2.24, 2.45) is 10.7 Å². The average Bonchev–Trinajstić information content (AvgIpc) is 3.57. The first-order chi connectivity index (χ1) is 16.7. The molecule has 2 aromatic rings. The van der Waals surface area contributed by atoms with Gasteiger partial charge in [-0.2, -0.15) is 0 Å². The molecule has 9 heteroatoms. The molecule has 1 heterocycles. The van der Waals surface area contributed by atoms with Crippen molar-refractivity contribution in [2.75, 3.05) is 6.54 Å². The van der Waals surface area contributed by atoms with E-state index in [0.29, 0.717) is 11.1 Å². The van der Waals surface area contributed by atoms with Crippen molar-refractivity contribution in [3.8, 4) is 0 Å². The lowest BCUT2D eigenvalue weighted by Gasteiger charge is -2.27.